The van der Waals surface area contributed by atoms with Crippen LogP contribution >= 0.6 is 0 Å². The number of imide groups is 1. The van der Waals surface area contributed by atoms with Gasteiger partial charge in [0, 0.05) is 18.7 Å². The van der Waals surface area contributed by atoms with Crippen LogP contribution in [0.25, 0.3) is 0 Å². The molecule has 1 N–H and O–H groups in total. The largest absolute Gasteiger partial charge is 0.469 e. The highest BCUT2D eigenvalue weighted by Crippen LogP contribution is 2.53. The number of pyridine rings is 1. The molecule has 0 spiro atoms. The number of hydrogen-bond donors (Lipinski definition) is 1. The van der Waals surface area contributed by atoms with Gasteiger partial charge < -0.3 is 14.8 Å². The predicted octanol–water partition coefficient (Wildman–Crippen LogP) is 0.980. The summed E-state index contributed by atoms with van der Waals surface area (Å²) in [5.74, 6) is -2.25. The van der Waals surface area contributed by atoms with E-state index < -0.39 is 29.5 Å². The first kappa shape index (κ1) is 20.2. The minimum atomic E-state index is -0.987. The minimum Gasteiger partial charge on any atom is -0.469 e. The zero-order chi connectivity index (χ0) is 21.5. The maximum atomic E-state index is 13.0. The van der Waals surface area contributed by atoms with Gasteiger partial charge in [0.1, 0.15) is 11.4 Å². The van der Waals surface area contributed by atoms with Crippen LogP contribution in [0.15, 0.2) is 30.4 Å². The molecule has 0 saturated carbocycles. The quantitative estimate of drug-likeness (QED) is 0.402. The second-order valence-corrected chi connectivity index (χ2v) is 7.77. The lowest BCUT2D eigenvalue weighted by atomic mass is 9.75. The Kier molecular flexibility index (Phi) is 5.15. The number of nitrogens with one attached hydrogen (secondary N) is 1. The van der Waals surface area contributed by atoms with E-state index in [0.29, 0.717) is 5.82 Å². The molecule has 2 fully saturated rings. The molecule has 158 valence electrons. The number of rotatable bonds is 7. The van der Waals surface area contributed by atoms with E-state index in [1.54, 1.807) is 24.3 Å². The lowest BCUT2D eigenvalue weighted by Gasteiger charge is -2.28. The first-order valence-corrected chi connectivity index (χ1v) is 9.87. The van der Waals surface area contributed by atoms with Gasteiger partial charge in [-0.15, -0.1) is 0 Å². The molecular weight excluding hydrogens is 390 g/mol. The van der Waals surface area contributed by atoms with Crippen LogP contribution in [0.3, 0.4) is 0 Å². The zero-order valence-corrected chi connectivity index (χ0v) is 16.8. The highest BCUT2D eigenvalue weighted by molar-refractivity contribution is 6.07. The second kappa shape index (κ2) is 7.64. The van der Waals surface area contributed by atoms with Crippen molar-refractivity contribution in [1.82, 2.24) is 9.88 Å². The molecule has 2 saturated heterocycles. The fraction of sp³-hybridized carbons (Fsp3) is 0.476. The van der Waals surface area contributed by atoms with Crippen molar-refractivity contribution in [2.24, 2.45) is 11.8 Å². The molecule has 4 heterocycles. The molecule has 4 rings (SSSR count). The molecule has 1 aromatic heterocycles. The number of esters is 1. The van der Waals surface area contributed by atoms with Gasteiger partial charge in [0.15, 0.2) is 0 Å². The third-order valence-corrected chi connectivity index (χ3v) is 5.91. The Labute approximate surface area is 173 Å². The Bertz CT molecular complexity index is 944. The molecule has 2 bridgehead atoms. The van der Waals surface area contributed by atoms with Crippen molar-refractivity contribution in [1.29, 1.82) is 0 Å². The van der Waals surface area contributed by atoms with Crippen LogP contribution in [0, 0.1) is 18.8 Å². The molecule has 0 unspecified atom stereocenters. The lowest BCUT2D eigenvalue weighted by molar-refractivity contribution is -0.146. The molecule has 1 aromatic rings. The third-order valence-electron chi connectivity index (χ3n) is 5.91. The predicted molar refractivity (Wildman–Crippen MR) is 104 cm³/mol. The van der Waals surface area contributed by atoms with E-state index >= 15 is 0 Å². The van der Waals surface area contributed by atoms with Crippen LogP contribution in [0.1, 0.15) is 25.0 Å². The SMILES string of the molecule is COC(=O)CCN1C(=O)[C@H]2[C@@H]3C=C[C@@](CCC(=O)Nc4cccc(C)n4)(O3)[C@H]2C1=O. The molecule has 3 aliphatic rings. The monoisotopic (exact) mass is 413 g/mol. The molecular formula is C21H23N3O6. The van der Waals surface area contributed by atoms with Crippen molar-refractivity contribution in [3.63, 3.8) is 0 Å². The number of carbonyl (C=O) groups excluding carboxylic acids is 4. The summed E-state index contributed by atoms with van der Waals surface area (Å²) < 4.78 is 10.6. The summed E-state index contributed by atoms with van der Waals surface area (Å²) in [6.45, 7) is 1.82. The Balaban J connectivity index is 1.43. The summed E-state index contributed by atoms with van der Waals surface area (Å²) in [6.07, 6.45) is 3.42. The van der Waals surface area contributed by atoms with Gasteiger partial charge in [-0.3, -0.25) is 24.1 Å². The van der Waals surface area contributed by atoms with Crippen molar-refractivity contribution < 1.29 is 28.7 Å². The van der Waals surface area contributed by atoms with Crippen LogP contribution in [0.5, 0.6) is 0 Å². The Morgan fingerprint density at radius 1 is 1.27 bits per heavy atom. The maximum absolute atomic E-state index is 13.0. The van der Waals surface area contributed by atoms with Crippen LogP contribution in [-0.4, -0.2) is 58.9 Å². The number of amides is 3. The molecule has 30 heavy (non-hydrogen) atoms. The van der Waals surface area contributed by atoms with Crippen molar-refractivity contribution >= 4 is 29.5 Å². The zero-order valence-electron chi connectivity index (χ0n) is 16.8. The van der Waals surface area contributed by atoms with Gasteiger partial charge in [0.25, 0.3) is 0 Å². The topological polar surface area (TPSA) is 115 Å². The average molecular weight is 413 g/mol. The number of methoxy groups -OCH3 is 1. The third kappa shape index (κ3) is 3.39. The highest BCUT2D eigenvalue weighted by Gasteiger charge is 2.67. The Hall–Kier alpha value is -3.07. The first-order valence-electron chi connectivity index (χ1n) is 9.87. The maximum Gasteiger partial charge on any atom is 0.307 e. The minimum absolute atomic E-state index is 0.0142. The summed E-state index contributed by atoms with van der Waals surface area (Å²) in [4.78, 5) is 55.0. The van der Waals surface area contributed by atoms with Crippen LogP contribution < -0.4 is 5.32 Å². The molecule has 9 heteroatoms. The van der Waals surface area contributed by atoms with Gasteiger partial charge in [-0.25, -0.2) is 4.98 Å². The van der Waals surface area contributed by atoms with Crippen molar-refractivity contribution in [3.8, 4) is 0 Å². The van der Waals surface area contributed by atoms with Crippen molar-refractivity contribution in [2.45, 2.75) is 37.9 Å². The fourth-order valence-corrected chi connectivity index (χ4v) is 4.51. The van der Waals surface area contributed by atoms with E-state index in [-0.39, 0.29) is 43.5 Å². The summed E-state index contributed by atoms with van der Waals surface area (Å²) in [5.41, 5.74) is -0.198. The summed E-state index contributed by atoms with van der Waals surface area (Å²) in [6, 6.07) is 5.34. The summed E-state index contributed by atoms with van der Waals surface area (Å²) in [7, 11) is 1.26. The molecule has 3 amide bonds. The number of anilines is 1. The number of likely N-dealkylation sites (tertiary alicyclic amines) is 1. The molecule has 0 aliphatic carbocycles. The van der Waals surface area contributed by atoms with Crippen molar-refractivity contribution in [3.05, 3.63) is 36.0 Å². The van der Waals surface area contributed by atoms with Gasteiger partial charge in [-0.1, -0.05) is 18.2 Å². The Morgan fingerprint density at radius 3 is 2.80 bits per heavy atom. The molecule has 0 radical (unpaired) electrons. The molecule has 0 aromatic carbocycles. The standard InChI is InChI=1S/C21H23N3O6/c1-12-4-3-5-14(22-12)23-15(25)7-10-21-9-6-13(30-21)17-18(21)20(28)24(19(17)27)11-8-16(26)29-2/h3-6,9,13,17-18H,7-8,10-11H2,1-2H3,(H,22,23,25)/t13-,17-,18+,21-/m0/s1. The van der Waals surface area contributed by atoms with E-state index in [1.165, 1.54) is 7.11 Å². The van der Waals surface area contributed by atoms with Gasteiger partial charge in [0.2, 0.25) is 17.7 Å². The normalized spacial score (nSPS) is 28.7. The number of nitrogens with zero attached hydrogens (tertiary/aromatic N) is 2. The number of hydrogen-bond acceptors (Lipinski definition) is 7. The van der Waals surface area contributed by atoms with Crippen molar-refractivity contribution in [2.75, 3.05) is 19.0 Å². The molecule has 9 nitrogen and oxygen atoms in total. The number of aromatic nitrogens is 1. The van der Waals surface area contributed by atoms with Gasteiger partial charge in [-0.2, -0.15) is 0 Å². The second-order valence-electron chi connectivity index (χ2n) is 7.77. The summed E-state index contributed by atoms with van der Waals surface area (Å²) >= 11 is 0. The smallest absolute Gasteiger partial charge is 0.307 e. The van der Waals surface area contributed by atoms with Crippen LogP contribution in [0.2, 0.25) is 0 Å². The van der Waals surface area contributed by atoms with Crippen LogP contribution in [-0.2, 0) is 28.7 Å². The first-order chi connectivity index (χ1) is 14.3. The van der Waals surface area contributed by atoms with E-state index in [0.717, 1.165) is 10.6 Å². The van der Waals surface area contributed by atoms with E-state index in [2.05, 4.69) is 15.0 Å². The molecule has 3 aliphatic heterocycles. The Morgan fingerprint density at radius 2 is 2.07 bits per heavy atom. The lowest BCUT2D eigenvalue weighted by Crippen LogP contribution is -2.41. The van der Waals surface area contributed by atoms with E-state index in [4.69, 9.17) is 4.74 Å². The highest BCUT2D eigenvalue weighted by atomic mass is 16.5. The van der Waals surface area contributed by atoms with Gasteiger partial charge in [-0.05, 0) is 25.5 Å². The van der Waals surface area contributed by atoms with E-state index in [9.17, 15) is 19.2 Å². The average Bonchev–Trinajstić information content (AvgIpc) is 3.36. The van der Waals surface area contributed by atoms with E-state index in [1.807, 2.05) is 13.0 Å². The fourth-order valence-electron chi connectivity index (χ4n) is 4.51. The number of fused-ring (bicyclic) bond motifs is 5. The van der Waals surface area contributed by atoms with Gasteiger partial charge in [0.05, 0.1) is 31.5 Å². The number of ether oxygens (including phenoxy) is 2. The summed E-state index contributed by atoms with van der Waals surface area (Å²) in [5, 5.41) is 2.75. The number of aryl methyl sites for hydroxylation is 1. The van der Waals surface area contributed by atoms with Crippen LogP contribution in [0.4, 0.5) is 5.82 Å². The van der Waals surface area contributed by atoms with Gasteiger partial charge >= 0.3 is 5.97 Å². The molecule has 4 atom stereocenters. The number of carbonyl (C=O) groups is 4.